The standard InChI is InChI=1S/C16H14N2O2/c1-11(19)15-17-14-10-6-5-9-13(14)16(20)18(15)12-7-3-2-4-8-12/h2-11,19H,1H3. The number of hydrogen-bond donors (Lipinski definition) is 1. The summed E-state index contributed by atoms with van der Waals surface area (Å²) in [6.07, 6.45) is -0.826. The highest BCUT2D eigenvalue weighted by atomic mass is 16.3. The van der Waals surface area contributed by atoms with Crippen LogP contribution in [-0.2, 0) is 0 Å². The average Bonchev–Trinajstić information content (AvgIpc) is 2.48. The van der Waals surface area contributed by atoms with Crippen molar-refractivity contribution in [2.45, 2.75) is 13.0 Å². The van der Waals surface area contributed by atoms with Crippen molar-refractivity contribution in [3.8, 4) is 5.69 Å². The summed E-state index contributed by atoms with van der Waals surface area (Å²) >= 11 is 0. The van der Waals surface area contributed by atoms with Gasteiger partial charge >= 0.3 is 0 Å². The summed E-state index contributed by atoms with van der Waals surface area (Å²) in [6, 6.07) is 16.4. The number of fused-ring (bicyclic) bond motifs is 1. The molecule has 0 aliphatic rings. The molecule has 100 valence electrons. The van der Waals surface area contributed by atoms with Crippen LogP contribution in [0, 0.1) is 0 Å². The van der Waals surface area contributed by atoms with E-state index in [-0.39, 0.29) is 5.56 Å². The summed E-state index contributed by atoms with van der Waals surface area (Å²) in [7, 11) is 0. The van der Waals surface area contributed by atoms with E-state index in [0.29, 0.717) is 22.4 Å². The molecule has 0 radical (unpaired) electrons. The van der Waals surface area contributed by atoms with Gasteiger partial charge in [-0.25, -0.2) is 4.98 Å². The topological polar surface area (TPSA) is 55.1 Å². The molecule has 0 saturated carbocycles. The first-order valence-corrected chi connectivity index (χ1v) is 6.43. The molecule has 1 N–H and O–H groups in total. The summed E-state index contributed by atoms with van der Waals surface area (Å²) in [5.41, 5.74) is 1.13. The van der Waals surface area contributed by atoms with E-state index in [1.54, 1.807) is 19.1 Å². The number of aliphatic hydroxyl groups excluding tert-OH is 1. The number of para-hydroxylation sites is 2. The summed E-state index contributed by atoms with van der Waals surface area (Å²) in [5, 5.41) is 10.5. The van der Waals surface area contributed by atoms with E-state index in [4.69, 9.17) is 0 Å². The Morgan fingerprint density at radius 2 is 1.70 bits per heavy atom. The molecule has 0 spiro atoms. The Kier molecular flexibility index (Phi) is 3.08. The predicted molar refractivity (Wildman–Crippen MR) is 78.0 cm³/mol. The minimum absolute atomic E-state index is 0.169. The molecule has 0 aliphatic heterocycles. The van der Waals surface area contributed by atoms with Gasteiger partial charge in [0.1, 0.15) is 11.9 Å². The highest BCUT2D eigenvalue weighted by Crippen LogP contribution is 2.17. The van der Waals surface area contributed by atoms with Crippen molar-refractivity contribution in [1.29, 1.82) is 0 Å². The van der Waals surface area contributed by atoms with Gasteiger partial charge in [-0.15, -0.1) is 0 Å². The van der Waals surface area contributed by atoms with E-state index in [2.05, 4.69) is 4.98 Å². The van der Waals surface area contributed by atoms with Crippen LogP contribution in [0.25, 0.3) is 16.6 Å². The number of aliphatic hydroxyl groups is 1. The zero-order chi connectivity index (χ0) is 14.1. The zero-order valence-electron chi connectivity index (χ0n) is 11.0. The van der Waals surface area contributed by atoms with E-state index in [0.717, 1.165) is 0 Å². The fourth-order valence-electron chi connectivity index (χ4n) is 2.26. The van der Waals surface area contributed by atoms with Gasteiger partial charge in [-0.3, -0.25) is 9.36 Å². The van der Waals surface area contributed by atoms with Crippen LogP contribution in [0.5, 0.6) is 0 Å². The molecule has 20 heavy (non-hydrogen) atoms. The Hall–Kier alpha value is -2.46. The van der Waals surface area contributed by atoms with Crippen LogP contribution >= 0.6 is 0 Å². The lowest BCUT2D eigenvalue weighted by molar-refractivity contribution is 0.186. The Morgan fingerprint density at radius 1 is 1.05 bits per heavy atom. The maximum atomic E-state index is 12.7. The van der Waals surface area contributed by atoms with Crippen LogP contribution in [0.3, 0.4) is 0 Å². The largest absolute Gasteiger partial charge is 0.385 e. The van der Waals surface area contributed by atoms with Gasteiger partial charge in [0, 0.05) is 0 Å². The molecule has 1 heterocycles. The molecule has 1 atom stereocenters. The monoisotopic (exact) mass is 266 g/mol. The summed E-state index contributed by atoms with van der Waals surface area (Å²) in [6.45, 7) is 1.61. The molecular formula is C16H14N2O2. The number of aromatic nitrogens is 2. The molecule has 3 aromatic rings. The van der Waals surface area contributed by atoms with Crippen LogP contribution in [0.4, 0.5) is 0 Å². The molecule has 0 fully saturated rings. The van der Waals surface area contributed by atoms with Crippen molar-refractivity contribution in [1.82, 2.24) is 9.55 Å². The van der Waals surface area contributed by atoms with Crippen molar-refractivity contribution < 1.29 is 5.11 Å². The van der Waals surface area contributed by atoms with Gasteiger partial charge in [-0.2, -0.15) is 0 Å². The zero-order valence-corrected chi connectivity index (χ0v) is 11.0. The lowest BCUT2D eigenvalue weighted by Crippen LogP contribution is -2.25. The van der Waals surface area contributed by atoms with Gasteiger partial charge in [0.15, 0.2) is 0 Å². The lowest BCUT2D eigenvalue weighted by atomic mass is 10.2. The highest BCUT2D eigenvalue weighted by molar-refractivity contribution is 5.77. The summed E-state index contributed by atoms with van der Waals surface area (Å²) in [4.78, 5) is 17.1. The van der Waals surface area contributed by atoms with Crippen LogP contribution in [0.15, 0.2) is 59.4 Å². The maximum Gasteiger partial charge on any atom is 0.266 e. The normalized spacial score (nSPS) is 12.5. The molecule has 0 aliphatic carbocycles. The second-order valence-corrected chi connectivity index (χ2v) is 4.64. The smallest absolute Gasteiger partial charge is 0.266 e. The van der Waals surface area contributed by atoms with Gasteiger partial charge in [0.25, 0.3) is 5.56 Å². The third kappa shape index (κ3) is 2.00. The number of rotatable bonds is 2. The van der Waals surface area contributed by atoms with Crippen LogP contribution in [0.2, 0.25) is 0 Å². The Labute approximate surface area is 116 Å². The van der Waals surface area contributed by atoms with Crippen molar-refractivity contribution in [3.63, 3.8) is 0 Å². The van der Waals surface area contributed by atoms with E-state index >= 15 is 0 Å². The second kappa shape index (κ2) is 4.90. The first-order chi connectivity index (χ1) is 9.68. The number of benzene rings is 2. The molecule has 0 amide bonds. The van der Waals surface area contributed by atoms with Gasteiger partial charge in [0.05, 0.1) is 16.6 Å². The van der Waals surface area contributed by atoms with Gasteiger partial charge in [0.2, 0.25) is 0 Å². The lowest BCUT2D eigenvalue weighted by Gasteiger charge is -2.15. The Bertz CT molecular complexity index is 808. The molecule has 0 saturated heterocycles. The van der Waals surface area contributed by atoms with E-state index in [9.17, 15) is 9.90 Å². The molecule has 1 unspecified atom stereocenters. The second-order valence-electron chi connectivity index (χ2n) is 4.64. The minimum atomic E-state index is -0.826. The van der Waals surface area contributed by atoms with E-state index in [1.165, 1.54) is 4.57 Å². The fourth-order valence-corrected chi connectivity index (χ4v) is 2.26. The molecule has 4 nitrogen and oxygen atoms in total. The van der Waals surface area contributed by atoms with Crippen molar-refractivity contribution in [3.05, 3.63) is 70.8 Å². The fraction of sp³-hybridized carbons (Fsp3) is 0.125. The first-order valence-electron chi connectivity index (χ1n) is 6.43. The molecule has 1 aromatic heterocycles. The predicted octanol–water partition coefficient (Wildman–Crippen LogP) is 2.44. The van der Waals surface area contributed by atoms with Crippen LogP contribution in [0.1, 0.15) is 18.9 Å². The molecule has 3 rings (SSSR count). The van der Waals surface area contributed by atoms with Crippen molar-refractivity contribution in [2.24, 2.45) is 0 Å². The summed E-state index contributed by atoms with van der Waals surface area (Å²) < 4.78 is 1.47. The minimum Gasteiger partial charge on any atom is -0.385 e. The number of nitrogens with zero attached hydrogens (tertiary/aromatic N) is 2. The summed E-state index contributed by atoms with van der Waals surface area (Å²) in [5.74, 6) is 0.347. The molecule has 2 aromatic carbocycles. The highest BCUT2D eigenvalue weighted by Gasteiger charge is 2.15. The van der Waals surface area contributed by atoms with Crippen molar-refractivity contribution in [2.75, 3.05) is 0 Å². The quantitative estimate of drug-likeness (QED) is 0.775. The molecule has 0 bridgehead atoms. The van der Waals surface area contributed by atoms with Gasteiger partial charge in [-0.1, -0.05) is 30.3 Å². The van der Waals surface area contributed by atoms with E-state index in [1.807, 2.05) is 42.5 Å². The van der Waals surface area contributed by atoms with Gasteiger partial charge < -0.3 is 5.11 Å². The SMILES string of the molecule is CC(O)c1nc2ccccc2c(=O)n1-c1ccccc1. The molecule has 4 heteroatoms. The maximum absolute atomic E-state index is 12.7. The van der Waals surface area contributed by atoms with Crippen LogP contribution < -0.4 is 5.56 Å². The van der Waals surface area contributed by atoms with Crippen LogP contribution in [-0.4, -0.2) is 14.7 Å². The molecular weight excluding hydrogens is 252 g/mol. The first kappa shape index (κ1) is 12.6. The number of hydrogen-bond acceptors (Lipinski definition) is 3. The Morgan fingerprint density at radius 3 is 2.40 bits per heavy atom. The van der Waals surface area contributed by atoms with E-state index < -0.39 is 6.10 Å². The van der Waals surface area contributed by atoms with Crippen molar-refractivity contribution >= 4 is 10.9 Å². The van der Waals surface area contributed by atoms with Gasteiger partial charge in [-0.05, 0) is 31.2 Å². The Balaban J connectivity index is 2.43. The average molecular weight is 266 g/mol. The third-order valence-corrected chi connectivity index (χ3v) is 3.19. The third-order valence-electron chi connectivity index (χ3n) is 3.19.